The Bertz CT molecular complexity index is 858. The SMILES string of the molecule is CC(Oc1cccc2ccccc12)C(=O)NCc1ccccc1Cl. The molecular weight excluding hydrogens is 322 g/mol. The fourth-order valence-electron chi connectivity index (χ4n) is 2.51. The minimum absolute atomic E-state index is 0.178. The van der Waals surface area contributed by atoms with Crippen LogP contribution in [0.5, 0.6) is 5.75 Å². The molecule has 4 heteroatoms. The van der Waals surface area contributed by atoms with Crippen LogP contribution in [0.3, 0.4) is 0 Å². The molecule has 0 heterocycles. The number of fused-ring (bicyclic) bond motifs is 1. The number of carbonyl (C=O) groups is 1. The normalized spacial score (nSPS) is 11.9. The van der Waals surface area contributed by atoms with E-state index < -0.39 is 6.10 Å². The Kier molecular flexibility index (Phi) is 5.02. The number of nitrogens with one attached hydrogen (secondary N) is 1. The number of hydrogen-bond donors (Lipinski definition) is 1. The van der Waals surface area contributed by atoms with Crippen LogP contribution in [-0.4, -0.2) is 12.0 Å². The smallest absolute Gasteiger partial charge is 0.261 e. The van der Waals surface area contributed by atoms with Crippen molar-refractivity contribution in [3.05, 3.63) is 77.3 Å². The molecule has 3 aromatic carbocycles. The summed E-state index contributed by atoms with van der Waals surface area (Å²) in [5, 5.41) is 5.57. The number of amides is 1. The lowest BCUT2D eigenvalue weighted by Gasteiger charge is -2.16. The number of rotatable bonds is 5. The molecule has 0 bridgehead atoms. The van der Waals surface area contributed by atoms with Gasteiger partial charge in [0, 0.05) is 17.0 Å². The topological polar surface area (TPSA) is 38.3 Å². The zero-order valence-electron chi connectivity index (χ0n) is 13.3. The molecular formula is C20H18ClNO2. The predicted octanol–water partition coefficient (Wildman–Crippen LogP) is 4.58. The largest absolute Gasteiger partial charge is 0.480 e. The van der Waals surface area contributed by atoms with E-state index in [4.69, 9.17) is 16.3 Å². The van der Waals surface area contributed by atoms with Gasteiger partial charge in [0.25, 0.3) is 5.91 Å². The van der Waals surface area contributed by atoms with Gasteiger partial charge in [-0.05, 0) is 30.0 Å². The molecule has 24 heavy (non-hydrogen) atoms. The summed E-state index contributed by atoms with van der Waals surface area (Å²) < 4.78 is 5.86. The summed E-state index contributed by atoms with van der Waals surface area (Å²) in [6.07, 6.45) is -0.599. The van der Waals surface area contributed by atoms with Crippen LogP contribution < -0.4 is 10.1 Å². The minimum atomic E-state index is -0.599. The summed E-state index contributed by atoms with van der Waals surface area (Å²) in [6, 6.07) is 21.2. The van der Waals surface area contributed by atoms with Crippen molar-refractivity contribution >= 4 is 28.3 Å². The van der Waals surface area contributed by atoms with Crippen molar-refractivity contribution in [2.75, 3.05) is 0 Å². The lowest BCUT2D eigenvalue weighted by atomic mass is 10.1. The van der Waals surface area contributed by atoms with E-state index in [0.29, 0.717) is 17.3 Å². The van der Waals surface area contributed by atoms with Gasteiger partial charge in [0.05, 0.1) is 0 Å². The maximum atomic E-state index is 12.3. The predicted molar refractivity (Wildman–Crippen MR) is 97.3 cm³/mol. The summed E-state index contributed by atoms with van der Waals surface area (Å²) in [7, 11) is 0. The lowest BCUT2D eigenvalue weighted by Crippen LogP contribution is -2.36. The van der Waals surface area contributed by atoms with Crippen LogP contribution in [-0.2, 0) is 11.3 Å². The maximum Gasteiger partial charge on any atom is 0.261 e. The third-order valence-electron chi connectivity index (χ3n) is 3.83. The monoisotopic (exact) mass is 339 g/mol. The lowest BCUT2D eigenvalue weighted by molar-refractivity contribution is -0.127. The summed E-state index contributed by atoms with van der Waals surface area (Å²) in [6.45, 7) is 2.12. The Balaban J connectivity index is 1.67. The number of benzene rings is 3. The Hall–Kier alpha value is -2.52. The Morgan fingerprint density at radius 2 is 1.75 bits per heavy atom. The van der Waals surface area contributed by atoms with E-state index >= 15 is 0 Å². The van der Waals surface area contributed by atoms with Crippen molar-refractivity contribution in [1.29, 1.82) is 0 Å². The van der Waals surface area contributed by atoms with Gasteiger partial charge in [-0.2, -0.15) is 0 Å². The molecule has 3 rings (SSSR count). The molecule has 0 radical (unpaired) electrons. The second-order valence-electron chi connectivity index (χ2n) is 5.55. The molecule has 0 saturated heterocycles. The summed E-state index contributed by atoms with van der Waals surface area (Å²) in [4.78, 5) is 12.3. The summed E-state index contributed by atoms with van der Waals surface area (Å²) in [5.41, 5.74) is 0.880. The first-order valence-electron chi connectivity index (χ1n) is 7.80. The van der Waals surface area contributed by atoms with Gasteiger partial charge in [-0.3, -0.25) is 4.79 Å². The second-order valence-corrected chi connectivity index (χ2v) is 5.95. The Labute approximate surface area is 146 Å². The highest BCUT2D eigenvalue weighted by Crippen LogP contribution is 2.26. The van der Waals surface area contributed by atoms with E-state index in [1.54, 1.807) is 13.0 Å². The van der Waals surface area contributed by atoms with Crippen molar-refractivity contribution in [3.8, 4) is 5.75 Å². The van der Waals surface area contributed by atoms with E-state index in [2.05, 4.69) is 5.32 Å². The van der Waals surface area contributed by atoms with Gasteiger partial charge in [-0.1, -0.05) is 66.2 Å². The van der Waals surface area contributed by atoms with Crippen molar-refractivity contribution in [2.45, 2.75) is 19.6 Å². The highest BCUT2D eigenvalue weighted by atomic mass is 35.5. The van der Waals surface area contributed by atoms with E-state index in [1.165, 1.54) is 0 Å². The van der Waals surface area contributed by atoms with Gasteiger partial charge in [0.15, 0.2) is 6.10 Å². The molecule has 0 aliphatic carbocycles. The van der Waals surface area contributed by atoms with Gasteiger partial charge < -0.3 is 10.1 Å². The average Bonchev–Trinajstić information content (AvgIpc) is 2.61. The zero-order valence-corrected chi connectivity index (χ0v) is 14.1. The van der Waals surface area contributed by atoms with Crippen molar-refractivity contribution in [2.24, 2.45) is 0 Å². The molecule has 0 aromatic heterocycles. The summed E-state index contributed by atoms with van der Waals surface area (Å²) >= 11 is 6.10. The van der Waals surface area contributed by atoms with Gasteiger partial charge in [0.2, 0.25) is 0 Å². The van der Waals surface area contributed by atoms with Crippen LogP contribution in [0.2, 0.25) is 5.02 Å². The van der Waals surface area contributed by atoms with Crippen LogP contribution >= 0.6 is 11.6 Å². The number of carbonyl (C=O) groups excluding carboxylic acids is 1. The van der Waals surface area contributed by atoms with Gasteiger partial charge in [-0.15, -0.1) is 0 Å². The fraction of sp³-hybridized carbons (Fsp3) is 0.150. The number of halogens is 1. The molecule has 1 atom stereocenters. The van der Waals surface area contributed by atoms with Crippen LogP contribution in [0.25, 0.3) is 10.8 Å². The Morgan fingerprint density at radius 1 is 1.04 bits per heavy atom. The molecule has 0 saturated carbocycles. The van der Waals surface area contributed by atoms with E-state index in [1.807, 2.05) is 60.7 Å². The highest BCUT2D eigenvalue weighted by molar-refractivity contribution is 6.31. The van der Waals surface area contributed by atoms with Gasteiger partial charge in [0.1, 0.15) is 5.75 Å². The van der Waals surface area contributed by atoms with Gasteiger partial charge in [-0.25, -0.2) is 0 Å². The molecule has 3 nitrogen and oxygen atoms in total. The van der Waals surface area contributed by atoms with E-state index in [0.717, 1.165) is 16.3 Å². The van der Waals surface area contributed by atoms with Crippen LogP contribution in [0.4, 0.5) is 0 Å². The van der Waals surface area contributed by atoms with Crippen LogP contribution in [0.15, 0.2) is 66.7 Å². The molecule has 0 spiro atoms. The first kappa shape index (κ1) is 16.3. The third-order valence-corrected chi connectivity index (χ3v) is 4.20. The van der Waals surface area contributed by atoms with Crippen molar-refractivity contribution in [1.82, 2.24) is 5.32 Å². The molecule has 3 aromatic rings. The summed E-state index contributed by atoms with van der Waals surface area (Å²) in [5.74, 6) is 0.524. The molecule has 0 aliphatic heterocycles. The molecule has 0 fully saturated rings. The van der Waals surface area contributed by atoms with Crippen LogP contribution in [0, 0.1) is 0 Å². The molecule has 1 unspecified atom stereocenters. The average molecular weight is 340 g/mol. The molecule has 1 amide bonds. The standard InChI is InChI=1S/C20H18ClNO2/c1-14(20(23)22-13-16-8-3-5-11-18(16)21)24-19-12-6-9-15-7-2-4-10-17(15)19/h2-12,14H,13H2,1H3,(H,22,23). The number of ether oxygens (including phenoxy) is 1. The molecule has 122 valence electrons. The highest BCUT2D eigenvalue weighted by Gasteiger charge is 2.15. The Morgan fingerprint density at radius 3 is 2.58 bits per heavy atom. The number of hydrogen-bond acceptors (Lipinski definition) is 2. The quantitative estimate of drug-likeness (QED) is 0.739. The van der Waals surface area contributed by atoms with Crippen molar-refractivity contribution < 1.29 is 9.53 Å². The van der Waals surface area contributed by atoms with Crippen LogP contribution in [0.1, 0.15) is 12.5 Å². The van der Waals surface area contributed by atoms with Crippen molar-refractivity contribution in [3.63, 3.8) is 0 Å². The van der Waals surface area contributed by atoms with E-state index in [9.17, 15) is 4.79 Å². The van der Waals surface area contributed by atoms with Gasteiger partial charge >= 0.3 is 0 Å². The maximum absolute atomic E-state index is 12.3. The zero-order chi connectivity index (χ0) is 16.9. The fourth-order valence-corrected chi connectivity index (χ4v) is 2.71. The minimum Gasteiger partial charge on any atom is -0.480 e. The molecule has 1 N–H and O–H groups in total. The van der Waals surface area contributed by atoms with E-state index in [-0.39, 0.29) is 5.91 Å². The second kappa shape index (κ2) is 7.37. The first-order chi connectivity index (χ1) is 11.6. The third kappa shape index (κ3) is 3.69. The molecule has 0 aliphatic rings. The first-order valence-corrected chi connectivity index (χ1v) is 8.18.